The molecule has 0 unspecified atom stereocenters. The van der Waals surface area contributed by atoms with E-state index in [1.54, 1.807) is 19.0 Å². The first-order valence-electron chi connectivity index (χ1n) is 6.31. The first-order chi connectivity index (χ1) is 9.51. The van der Waals surface area contributed by atoms with Crippen molar-refractivity contribution in [3.63, 3.8) is 0 Å². The van der Waals surface area contributed by atoms with Crippen LogP contribution in [-0.2, 0) is 6.54 Å². The maximum Gasteiger partial charge on any atom is 0.168 e. The molecule has 0 saturated carbocycles. The van der Waals surface area contributed by atoms with Gasteiger partial charge >= 0.3 is 0 Å². The van der Waals surface area contributed by atoms with Crippen LogP contribution in [0.4, 0.5) is 20.4 Å². The van der Waals surface area contributed by atoms with Crippen LogP contribution in [0.2, 0.25) is 0 Å². The third-order valence-corrected chi connectivity index (χ3v) is 3.01. The van der Waals surface area contributed by atoms with Gasteiger partial charge in [0.1, 0.15) is 0 Å². The van der Waals surface area contributed by atoms with Crippen LogP contribution in [0.25, 0.3) is 0 Å². The smallest absolute Gasteiger partial charge is 0.168 e. The Bertz CT molecular complexity index is 614. The largest absolute Gasteiger partial charge is 0.371 e. The zero-order valence-corrected chi connectivity index (χ0v) is 11.7. The fourth-order valence-electron chi connectivity index (χ4n) is 2.06. The number of hydrogen-bond donors (Lipinski definition) is 1. The van der Waals surface area contributed by atoms with Gasteiger partial charge in [-0.25, -0.2) is 13.8 Å². The summed E-state index contributed by atoms with van der Waals surface area (Å²) in [5.74, 6) is -1.20. The van der Waals surface area contributed by atoms with Gasteiger partial charge in [-0.1, -0.05) is 29.8 Å². The lowest BCUT2D eigenvalue weighted by atomic mass is 10.1. The Kier molecular flexibility index (Phi) is 4.17. The molecular weight excluding hydrogens is 260 g/mol. The number of rotatable bonds is 4. The van der Waals surface area contributed by atoms with E-state index in [2.05, 4.69) is 10.3 Å². The van der Waals surface area contributed by atoms with Crippen molar-refractivity contribution < 1.29 is 8.78 Å². The van der Waals surface area contributed by atoms with Gasteiger partial charge in [0, 0.05) is 26.7 Å². The molecule has 1 N–H and O–H groups in total. The molecule has 1 aromatic carbocycles. The van der Waals surface area contributed by atoms with E-state index in [9.17, 15) is 8.78 Å². The summed E-state index contributed by atoms with van der Waals surface area (Å²) in [5, 5.41) is 2.61. The highest BCUT2D eigenvalue weighted by Crippen LogP contribution is 2.22. The second-order valence-electron chi connectivity index (χ2n) is 4.72. The van der Waals surface area contributed by atoms with E-state index in [1.165, 1.54) is 0 Å². The minimum Gasteiger partial charge on any atom is -0.371 e. The minimum atomic E-state index is -0.697. The highest BCUT2D eigenvalue weighted by molar-refractivity contribution is 5.49. The Hall–Kier alpha value is -2.17. The van der Waals surface area contributed by atoms with E-state index in [1.807, 2.05) is 31.2 Å². The standard InChI is InChI=1S/C15H17F2N3/c1-10-5-4-6-11(7-10)9-20(3)15-13(17)8-12(16)14(18-2)19-15/h4-8H,9H2,1-3H3,(H,18,19). The Morgan fingerprint density at radius 2 is 1.95 bits per heavy atom. The number of anilines is 2. The summed E-state index contributed by atoms with van der Waals surface area (Å²) in [4.78, 5) is 5.63. The predicted octanol–water partition coefficient (Wildman–Crippen LogP) is 3.35. The molecule has 1 aromatic heterocycles. The first-order valence-corrected chi connectivity index (χ1v) is 6.31. The quantitative estimate of drug-likeness (QED) is 0.929. The number of aryl methyl sites for hydroxylation is 1. The molecule has 0 radical (unpaired) electrons. The monoisotopic (exact) mass is 277 g/mol. The van der Waals surface area contributed by atoms with Gasteiger partial charge in [-0.2, -0.15) is 0 Å². The predicted molar refractivity (Wildman–Crippen MR) is 77.0 cm³/mol. The molecule has 3 nitrogen and oxygen atoms in total. The summed E-state index contributed by atoms with van der Waals surface area (Å²) in [6.07, 6.45) is 0. The molecule has 2 aromatic rings. The average molecular weight is 277 g/mol. The maximum atomic E-state index is 13.8. The summed E-state index contributed by atoms with van der Waals surface area (Å²) >= 11 is 0. The van der Waals surface area contributed by atoms with Crippen LogP contribution in [0, 0.1) is 18.6 Å². The molecule has 0 spiro atoms. The highest BCUT2D eigenvalue weighted by Gasteiger charge is 2.14. The normalized spacial score (nSPS) is 10.4. The lowest BCUT2D eigenvalue weighted by Crippen LogP contribution is -2.20. The Balaban J connectivity index is 2.27. The molecule has 0 amide bonds. The number of halogens is 2. The van der Waals surface area contributed by atoms with Gasteiger partial charge in [0.05, 0.1) is 0 Å². The molecule has 0 fully saturated rings. The molecular formula is C15H17F2N3. The number of pyridine rings is 1. The van der Waals surface area contributed by atoms with Crippen LogP contribution in [-0.4, -0.2) is 19.1 Å². The Morgan fingerprint density at radius 1 is 1.20 bits per heavy atom. The van der Waals surface area contributed by atoms with Crippen LogP contribution in [0.3, 0.4) is 0 Å². The molecule has 0 aliphatic heterocycles. The third kappa shape index (κ3) is 3.04. The van der Waals surface area contributed by atoms with Crippen molar-refractivity contribution in [2.45, 2.75) is 13.5 Å². The summed E-state index contributed by atoms with van der Waals surface area (Å²) in [6, 6.07) is 8.78. The van der Waals surface area contributed by atoms with Gasteiger partial charge in [0.15, 0.2) is 23.3 Å². The Morgan fingerprint density at radius 3 is 2.60 bits per heavy atom. The molecule has 0 atom stereocenters. The van der Waals surface area contributed by atoms with Crippen molar-refractivity contribution in [2.24, 2.45) is 0 Å². The van der Waals surface area contributed by atoms with E-state index in [0.29, 0.717) is 6.54 Å². The number of hydrogen-bond acceptors (Lipinski definition) is 3. The molecule has 106 valence electrons. The number of benzene rings is 1. The number of nitrogens with zero attached hydrogens (tertiary/aromatic N) is 2. The molecule has 0 aliphatic rings. The average Bonchev–Trinajstić information content (AvgIpc) is 2.38. The lowest BCUT2D eigenvalue weighted by molar-refractivity contribution is 0.573. The second kappa shape index (κ2) is 5.86. The molecule has 0 saturated heterocycles. The zero-order valence-electron chi connectivity index (χ0n) is 11.7. The van der Waals surface area contributed by atoms with Crippen molar-refractivity contribution in [1.82, 2.24) is 4.98 Å². The van der Waals surface area contributed by atoms with E-state index >= 15 is 0 Å². The van der Waals surface area contributed by atoms with E-state index < -0.39 is 11.6 Å². The zero-order chi connectivity index (χ0) is 14.7. The third-order valence-electron chi connectivity index (χ3n) is 3.01. The molecule has 20 heavy (non-hydrogen) atoms. The summed E-state index contributed by atoms with van der Waals surface area (Å²) < 4.78 is 27.2. The van der Waals surface area contributed by atoms with Crippen LogP contribution in [0.1, 0.15) is 11.1 Å². The van der Waals surface area contributed by atoms with Crippen molar-refractivity contribution in [1.29, 1.82) is 0 Å². The van der Waals surface area contributed by atoms with Crippen molar-refractivity contribution >= 4 is 11.6 Å². The fourth-order valence-corrected chi connectivity index (χ4v) is 2.06. The van der Waals surface area contributed by atoms with Gasteiger partial charge < -0.3 is 10.2 Å². The van der Waals surface area contributed by atoms with E-state index in [-0.39, 0.29) is 11.6 Å². The van der Waals surface area contributed by atoms with Gasteiger partial charge in [-0.15, -0.1) is 0 Å². The van der Waals surface area contributed by atoms with E-state index in [4.69, 9.17) is 0 Å². The summed E-state index contributed by atoms with van der Waals surface area (Å²) in [5.41, 5.74) is 2.18. The second-order valence-corrected chi connectivity index (χ2v) is 4.72. The molecule has 2 rings (SSSR count). The van der Waals surface area contributed by atoms with Gasteiger partial charge in [-0.05, 0) is 12.5 Å². The van der Waals surface area contributed by atoms with Gasteiger partial charge in [0.25, 0.3) is 0 Å². The fraction of sp³-hybridized carbons (Fsp3) is 0.267. The molecule has 0 aliphatic carbocycles. The first kappa shape index (κ1) is 14.2. The van der Waals surface area contributed by atoms with Crippen molar-refractivity contribution in [2.75, 3.05) is 24.3 Å². The van der Waals surface area contributed by atoms with Crippen LogP contribution < -0.4 is 10.2 Å². The number of nitrogens with one attached hydrogen (secondary N) is 1. The maximum absolute atomic E-state index is 13.8. The summed E-state index contributed by atoms with van der Waals surface area (Å²) in [6.45, 7) is 2.50. The van der Waals surface area contributed by atoms with Crippen molar-refractivity contribution in [3.05, 3.63) is 53.1 Å². The van der Waals surface area contributed by atoms with Crippen molar-refractivity contribution in [3.8, 4) is 0 Å². The highest BCUT2D eigenvalue weighted by atomic mass is 19.1. The van der Waals surface area contributed by atoms with Crippen LogP contribution in [0.15, 0.2) is 30.3 Å². The lowest BCUT2D eigenvalue weighted by Gasteiger charge is -2.20. The molecule has 0 bridgehead atoms. The van der Waals surface area contributed by atoms with Gasteiger partial charge in [0.2, 0.25) is 0 Å². The topological polar surface area (TPSA) is 28.2 Å². The minimum absolute atomic E-state index is 0.0393. The summed E-state index contributed by atoms with van der Waals surface area (Å²) in [7, 11) is 3.28. The van der Waals surface area contributed by atoms with Crippen LogP contribution >= 0.6 is 0 Å². The van der Waals surface area contributed by atoms with Crippen LogP contribution in [0.5, 0.6) is 0 Å². The Labute approximate surface area is 117 Å². The molecule has 1 heterocycles. The van der Waals surface area contributed by atoms with Gasteiger partial charge in [-0.3, -0.25) is 0 Å². The molecule has 5 heteroatoms. The van der Waals surface area contributed by atoms with E-state index in [0.717, 1.165) is 17.2 Å². The SMILES string of the molecule is CNc1nc(N(C)Cc2cccc(C)c2)c(F)cc1F. The number of aromatic nitrogens is 1.